The summed E-state index contributed by atoms with van der Waals surface area (Å²) in [5, 5.41) is 4.57. The Bertz CT molecular complexity index is 748. The van der Waals surface area contributed by atoms with Gasteiger partial charge in [-0.15, -0.1) is 0 Å². The van der Waals surface area contributed by atoms with Crippen molar-refractivity contribution in [2.75, 3.05) is 0 Å². The van der Waals surface area contributed by atoms with E-state index in [0.29, 0.717) is 6.54 Å². The average Bonchev–Trinajstić information content (AvgIpc) is 3.04. The first-order valence-corrected chi connectivity index (χ1v) is 6.77. The van der Waals surface area contributed by atoms with Gasteiger partial charge in [-0.25, -0.2) is 0 Å². The number of furan rings is 1. The Kier molecular flexibility index (Phi) is 3.02. The van der Waals surface area contributed by atoms with Crippen LogP contribution in [0.2, 0.25) is 0 Å². The van der Waals surface area contributed by atoms with Gasteiger partial charge in [-0.1, -0.05) is 13.3 Å². The predicted molar refractivity (Wildman–Crippen MR) is 75.7 cm³/mol. The second-order valence-electron chi connectivity index (χ2n) is 4.67. The van der Waals surface area contributed by atoms with E-state index in [1.165, 1.54) is 0 Å². The molecule has 3 aromatic heterocycles. The molecule has 0 aliphatic heterocycles. The number of nitrogens with one attached hydrogen (secondary N) is 1. The third-order valence-corrected chi connectivity index (χ3v) is 3.55. The Morgan fingerprint density at radius 3 is 3.00 bits per heavy atom. The summed E-state index contributed by atoms with van der Waals surface area (Å²) in [4.78, 5) is 3.28. The Hall–Kier alpha value is -1.82. The maximum atomic E-state index is 5.42. The molecular formula is C13H16N4OS. The maximum absolute atomic E-state index is 5.42. The highest BCUT2D eigenvalue weighted by Gasteiger charge is 2.15. The van der Waals surface area contributed by atoms with Gasteiger partial charge in [0.25, 0.3) is 0 Å². The molecule has 0 saturated heterocycles. The molecule has 0 bridgehead atoms. The van der Waals surface area contributed by atoms with E-state index in [9.17, 15) is 0 Å². The van der Waals surface area contributed by atoms with Gasteiger partial charge in [0.2, 0.25) is 0 Å². The zero-order valence-corrected chi connectivity index (χ0v) is 11.8. The molecule has 6 heteroatoms. The molecule has 100 valence electrons. The number of hydrogen-bond donors (Lipinski definition) is 1. The lowest BCUT2D eigenvalue weighted by molar-refractivity contribution is 0.562. The lowest BCUT2D eigenvalue weighted by atomic mass is 10.2. The number of aromatic amines is 1. The van der Waals surface area contributed by atoms with Crippen molar-refractivity contribution in [1.82, 2.24) is 19.3 Å². The van der Waals surface area contributed by atoms with Gasteiger partial charge in [-0.05, 0) is 24.7 Å². The van der Waals surface area contributed by atoms with Gasteiger partial charge < -0.3 is 9.40 Å². The Labute approximate surface area is 115 Å². The van der Waals surface area contributed by atoms with Crippen LogP contribution < -0.4 is 0 Å². The summed E-state index contributed by atoms with van der Waals surface area (Å²) in [5.41, 5.74) is 4.26. The number of rotatable bonds is 4. The second-order valence-corrected chi connectivity index (χ2v) is 5.05. The summed E-state index contributed by atoms with van der Waals surface area (Å²) < 4.78 is 9.79. The van der Waals surface area contributed by atoms with Crippen molar-refractivity contribution in [3.05, 3.63) is 34.6 Å². The Morgan fingerprint density at radius 1 is 1.47 bits per heavy atom. The first-order valence-electron chi connectivity index (χ1n) is 6.36. The lowest BCUT2D eigenvalue weighted by Crippen LogP contribution is -2.03. The fourth-order valence-electron chi connectivity index (χ4n) is 2.40. The molecule has 0 aliphatic rings. The Balaban J connectivity index is 2.14. The largest absolute Gasteiger partial charge is 0.472 e. The fourth-order valence-corrected chi connectivity index (χ4v) is 2.65. The molecule has 0 aliphatic carbocycles. The minimum Gasteiger partial charge on any atom is -0.472 e. The van der Waals surface area contributed by atoms with Crippen LogP contribution >= 0.6 is 12.2 Å². The highest BCUT2D eigenvalue weighted by Crippen LogP contribution is 2.20. The second kappa shape index (κ2) is 4.70. The monoisotopic (exact) mass is 276 g/mol. The van der Waals surface area contributed by atoms with Crippen molar-refractivity contribution >= 4 is 23.4 Å². The minimum atomic E-state index is 0.695. The predicted octanol–water partition coefficient (Wildman–Crippen LogP) is 3.03. The van der Waals surface area contributed by atoms with E-state index in [2.05, 4.69) is 21.6 Å². The van der Waals surface area contributed by atoms with Crippen LogP contribution in [-0.2, 0) is 20.0 Å². The van der Waals surface area contributed by atoms with Gasteiger partial charge in [-0.2, -0.15) is 5.10 Å². The lowest BCUT2D eigenvalue weighted by Gasteiger charge is -2.02. The van der Waals surface area contributed by atoms with Gasteiger partial charge in [0.1, 0.15) is 5.52 Å². The normalized spacial score (nSPS) is 11.5. The molecule has 19 heavy (non-hydrogen) atoms. The quantitative estimate of drug-likeness (QED) is 0.745. The van der Waals surface area contributed by atoms with Crippen molar-refractivity contribution in [2.45, 2.75) is 26.3 Å². The average molecular weight is 276 g/mol. The molecule has 5 nitrogen and oxygen atoms in total. The summed E-state index contributed by atoms with van der Waals surface area (Å²) >= 11 is 5.42. The number of H-pyrrole nitrogens is 1. The van der Waals surface area contributed by atoms with Crippen molar-refractivity contribution in [1.29, 1.82) is 0 Å². The van der Waals surface area contributed by atoms with Crippen LogP contribution in [0.15, 0.2) is 23.0 Å². The van der Waals surface area contributed by atoms with Crippen molar-refractivity contribution in [2.24, 2.45) is 7.05 Å². The maximum Gasteiger partial charge on any atom is 0.179 e. The number of nitrogens with zero attached hydrogens (tertiary/aromatic N) is 3. The van der Waals surface area contributed by atoms with Crippen LogP contribution in [0.1, 0.15) is 24.6 Å². The van der Waals surface area contributed by atoms with Crippen LogP contribution in [0.3, 0.4) is 0 Å². The van der Waals surface area contributed by atoms with Crippen LogP contribution in [0, 0.1) is 4.77 Å². The summed E-state index contributed by atoms with van der Waals surface area (Å²) in [7, 11) is 1.95. The third-order valence-electron chi connectivity index (χ3n) is 3.23. The molecule has 0 amide bonds. The van der Waals surface area contributed by atoms with E-state index < -0.39 is 0 Å². The molecule has 3 aromatic rings. The highest BCUT2D eigenvalue weighted by molar-refractivity contribution is 7.71. The van der Waals surface area contributed by atoms with E-state index in [1.807, 2.05) is 17.8 Å². The molecule has 0 saturated carbocycles. The fraction of sp³-hybridized carbons (Fsp3) is 0.385. The van der Waals surface area contributed by atoms with Crippen LogP contribution in [-0.4, -0.2) is 19.3 Å². The van der Waals surface area contributed by atoms with Crippen LogP contribution in [0.5, 0.6) is 0 Å². The first kappa shape index (κ1) is 12.2. The molecule has 0 radical (unpaired) electrons. The SMILES string of the molecule is CCCc1nn(C)c2c1[nH]c(=S)n2Cc1ccoc1. The first-order chi connectivity index (χ1) is 9.20. The molecule has 0 unspecified atom stereocenters. The molecule has 0 aromatic carbocycles. The van der Waals surface area contributed by atoms with Crippen LogP contribution in [0.4, 0.5) is 0 Å². The number of aryl methyl sites for hydroxylation is 2. The van der Waals surface area contributed by atoms with Gasteiger partial charge >= 0.3 is 0 Å². The molecular weight excluding hydrogens is 260 g/mol. The van der Waals surface area contributed by atoms with E-state index in [-0.39, 0.29) is 0 Å². The number of fused-ring (bicyclic) bond motifs is 1. The minimum absolute atomic E-state index is 0.695. The summed E-state index contributed by atoms with van der Waals surface area (Å²) in [6.45, 7) is 2.85. The van der Waals surface area contributed by atoms with E-state index in [0.717, 1.165) is 40.0 Å². The molecule has 0 spiro atoms. The Morgan fingerprint density at radius 2 is 2.32 bits per heavy atom. The van der Waals surface area contributed by atoms with Crippen molar-refractivity contribution < 1.29 is 4.42 Å². The van der Waals surface area contributed by atoms with Gasteiger partial charge in [0.15, 0.2) is 10.4 Å². The molecule has 0 atom stereocenters. The number of imidazole rings is 1. The topological polar surface area (TPSA) is 51.7 Å². The van der Waals surface area contributed by atoms with E-state index in [1.54, 1.807) is 12.5 Å². The third kappa shape index (κ3) is 2.02. The molecule has 0 fully saturated rings. The zero-order valence-electron chi connectivity index (χ0n) is 11.0. The molecule has 3 rings (SSSR count). The number of aromatic nitrogens is 4. The van der Waals surface area contributed by atoms with Crippen molar-refractivity contribution in [3.63, 3.8) is 0 Å². The van der Waals surface area contributed by atoms with Gasteiger partial charge in [0, 0.05) is 12.6 Å². The molecule has 1 N–H and O–H groups in total. The molecule has 3 heterocycles. The standard InChI is InChI=1S/C13H16N4OS/c1-3-4-10-11-12(16(2)15-10)17(13(19)14-11)7-9-5-6-18-8-9/h5-6,8H,3-4,7H2,1-2H3,(H,14,19). The van der Waals surface area contributed by atoms with E-state index in [4.69, 9.17) is 16.6 Å². The van der Waals surface area contributed by atoms with Gasteiger partial charge in [-0.3, -0.25) is 9.25 Å². The van der Waals surface area contributed by atoms with Crippen molar-refractivity contribution in [3.8, 4) is 0 Å². The summed E-state index contributed by atoms with van der Waals surface area (Å²) in [6.07, 6.45) is 5.44. The highest BCUT2D eigenvalue weighted by atomic mass is 32.1. The summed E-state index contributed by atoms with van der Waals surface area (Å²) in [6, 6.07) is 1.95. The van der Waals surface area contributed by atoms with E-state index >= 15 is 0 Å². The zero-order chi connectivity index (χ0) is 13.4. The number of hydrogen-bond acceptors (Lipinski definition) is 3. The van der Waals surface area contributed by atoms with Gasteiger partial charge in [0.05, 0.1) is 24.8 Å². The summed E-state index contributed by atoms with van der Waals surface area (Å²) in [5.74, 6) is 0. The smallest absolute Gasteiger partial charge is 0.179 e. The van der Waals surface area contributed by atoms with Crippen LogP contribution in [0.25, 0.3) is 11.2 Å².